The lowest BCUT2D eigenvalue weighted by Gasteiger charge is -2.31. The number of nitrogens with zero attached hydrogens (tertiary/aromatic N) is 2. The van der Waals surface area contributed by atoms with Gasteiger partial charge in [0, 0.05) is 24.8 Å². The van der Waals surface area contributed by atoms with E-state index in [0.717, 1.165) is 5.69 Å². The summed E-state index contributed by atoms with van der Waals surface area (Å²) in [6.45, 7) is 1.27. The van der Waals surface area contributed by atoms with Crippen LogP contribution in [0.1, 0.15) is 6.42 Å². The van der Waals surface area contributed by atoms with Crippen LogP contribution in [0.2, 0.25) is 5.02 Å². The third-order valence-electron chi connectivity index (χ3n) is 4.07. The van der Waals surface area contributed by atoms with Gasteiger partial charge in [0.05, 0.1) is 30.1 Å². The zero-order chi connectivity index (χ0) is 18.6. The van der Waals surface area contributed by atoms with Gasteiger partial charge in [0.15, 0.2) is 0 Å². The molecule has 26 heavy (non-hydrogen) atoms. The van der Waals surface area contributed by atoms with Crippen molar-refractivity contribution >= 4 is 33.2 Å². The van der Waals surface area contributed by atoms with Gasteiger partial charge in [-0.2, -0.15) is 5.10 Å². The maximum absolute atomic E-state index is 11.7. The lowest BCUT2D eigenvalue weighted by atomic mass is 9.98. The maximum atomic E-state index is 11.7. The Bertz CT molecular complexity index is 826. The fourth-order valence-corrected chi connectivity index (χ4v) is 3.88. The number of sulfonamides is 1. The molecule has 3 rings (SSSR count). The molecule has 10 heteroatoms. The summed E-state index contributed by atoms with van der Waals surface area (Å²) in [5.74, 6) is 0.586. The van der Waals surface area contributed by atoms with Crippen molar-refractivity contribution in [2.45, 2.75) is 12.5 Å². The van der Waals surface area contributed by atoms with Crippen molar-refractivity contribution in [2.75, 3.05) is 25.0 Å². The van der Waals surface area contributed by atoms with Crippen molar-refractivity contribution in [3.05, 3.63) is 41.7 Å². The third-order valence-corrected chi connectivity index (χ3v) is 6.07. The minimum Gasteiger partial charge on any atom is -0.493 e. The van der Waals surface area contributed by atoms with Gasteiger partial charge in [-0.05, 0) is 30.7 Å². The number of ether oxygens (including phenoxy) is 2. The average molecular weight is 420 g/mol. The molecule has 0 spiro atoms. The van der Waals surface area contributed by atoms with Crippen LogP contribution in [0.5, 0.6) is 5.75 Å². The van der Waals surface area contributed by atoms with Gasteiger partial charge in [0.2, 0.25) is 10.0 Å². The number of hydrogen-bond donors (Lipinski definition) is 1. The Morgan fingerprint density at radius 1 is 1.35 bits per heavy atom. The van der Waals surface area contributed by atoms with Gasteiger partial charge in [-0.3, -0.25) is 0 Å². The highest BCUT2D eigenvalue weighted by molar-refractivity contribution is 7.90. The molecule has 2 aromatic rings. The van der Waals surface area contributed by atoms with E-state index in [1.807, 2.05) is 24.3 Å². The summed E-state index contributed by atoms with van der Waals surface area (Å²) in [6, 6.07) is 7.13. The van der Waals surface area contributed by atoms with E-state index in [1.165, 1.54) is 0 Å². The maximum Gasteiger partial charge on any atom is 0.225 e. The van der Waals surface area contributed by atoms with E-state index < -0.39 is 15.2 Å². The second kappa shape index (κ2) is 8.58. The Labute approximate surface area is 162 Å². The van der Waals surface area contributed by atoms with Crippen LogP contribution < -0.4 is 9.46 Å². The van der Waals surface area contributed by atoms with Crippen LogP contribution in [-0.4, -0.2) is 49.3 Å². The number of halogens is 2. The van der Waals surface area contributed by atoms with E-state index in [-0.39, 0.29) is 12.0 Å². The Morgan fingerprint density at radius 3 is 2.77 bits per heavy atom. The Morgan fingerprint density at radius 2 is 2.12 bits per heavy atom. The molecule has 2 atom stereocenters. The molecule has 7 nitrogen and oxygen atoms in total. The molecule has 1 saturated heterocycles. The first-order chi connectivity index (χ1) is 12.5. The highest BCUT2D eigenvalue weighted by Crippen LogP contribution is 2.20. The standard InChI is InChI=1S/C16H19Cl2N3O4S/c17-11-26(22,23)20-16-5-6-24-9-12(16)10-25-15-3-1-14(2-4-15)21-8-13(18)7-19-21/h1-4,7-8,12,16,20H,5-6,9-11H2. The summed E-state index contributed by atoms with van der Waals surface area (Å²) in [6.07, 6.45) is 3.87. The predicted molar refractivity (Wildman–Crippen MR) is 99.6 cm³/mol. The van der Waals surface area contributed by atoms with E-state index in [9.17, 15) is 8.42 Å². The van der Waals surface area contributed by atoms with Crippen LogP contribution in [0.4, 0.5) is 0 Å². The number of nitrogens with one attached hydrogen (secondary N) is 1. The van der Waals surface area contributed by atoms with E-state index >= 15 is 0 Å². The summed E-state index contributed by atoms with van der Waals surface area (Å²) in [7, 11) is -3.49. The van der Waals surface area contributed by atoms with Gasteiger partial charge in [-0.25, -0.2) is 17.8 Å². The van der Waals surface area contributed by atoms with Crippen LogP contribution in [-0.2, 0) is 14.8 Å². The van der Waals surface area contributed by atoms with Gasteiger partial charge < -0.3 is 9.47 Å². The SMILES string of the molecule is O=S(=O)(CCl)NC1CCOCC1COc1ccc(-n2cc(Cl)cn2)cc1. The molecule has 1 fully saturated rings. The number of benzene rings is 1. The fraction of sp³-hybridized carbons (Fsp3) is 0.438. The molecule has 1 aliphatic rings. The highest BCUT2D eigenvalue weighted by atomic mass is 35.5. The summed E-state index contributed by atoms with van der Waals surface area (Å²) in [5, 5.41) is 4.24. The van der Waals surface area contributed by atoms with Crippen LogP contribution in [0, 0.1) is 5.92 Å². The molecule has 0 bridgehead atoms. The van der Waals surface area contributed by atoms with E-state index in [1.54, 1.807) is 17.1 Å². The van der Waals surface area contributed by atoms with Crippen molar-refractivity contribution in [1.29, 1.82) is 0 Å². The van der Waals surface area contributed by atoms with Crippen LogP contribution in [0.15, 0.2) is 36.7 Å². The van der Waals surface area contributed by atoms with E-state index in [2.05, 4.69) is 9.82 Å². The molecular weight excluding hydrogens is 401 g/mol. The molecule has 0 aliphatic carbocycles. The number of hydrogen-bond acceptors (Lipinski definition) is 5. The third kappa shape index (κ3) is 5.11. The van der Waals surface area contributed by atoms with Gasteiger partial charge >= 0.3 is 0 Å². The lowest BCUT2D eigenvalue weighted by molar-refractivity contribution is 0.0187. The molecule has 2 heterocycles. The normalized spacial score (nSPS) is 20.8. The summed E-state index contributed by atoms with van der Waals surface area (Å²) >= 11 is 11.3. The minimum absolute atomic E-state index is 0.0914. The summed E-state index contributed by atoms with van der Waals surface area (Å²) in [4.78, 5) is 0. The Balaban J connectivity index is 1.60. The molecule has 0 radical (unpaired) electrons. The second-order valence-electron chi connectivity index (χ2n) is 5.98. The summed E-state index contributed by atoms with van der Waals surface area (Å²) in [5.41, 5.74) is 0.859. The topological polar surface area (TPSA) is 82.5 Å². The first kappa shape index (κ1) is 19.4. The Hall–Kier alpha value is -1.32. The van der Waals surface area contributed by atoms with Crippen molar-refractivity contribution in [2.24, 2.45) is 5.92 Å². The van der Waals surface area contributed by atoms with Crippen LogP contribution in [0.3, 0.4) is 0 Å². The summed E-state index contributed by atoms with van der Waals surface area (Å²) < 4.78 is 39.0. The van der Waals surface area contributed by atoms with Crippen molar-refractivity contribution in [3.8, 4) is 11.4 Å². The molecular formula is C16H19Cl2N3O4S. The van der Waals surface area contributed by atoms with E-state index in [0.29, 0.717) is 37.0 Å². The molecule has 142 valence electrons. The number of alkyl halides is 1. The zero-order valence-electron chi connectivity index (χ0n) is 13.8. The first-order valence-corrected chi connectivity index (χ1v) is 10.6. The fourth-order valence-electron chi connectivity index (χ4n) is 2.72. The van der Waals surface area contributed by atoms with Gasteiger partial charge in [-0.15, -0.1) is 11.6 Å². The van der Waals surface area contributed by atoms with Crippen LogP contribution >= 0.6 is 23.2 Å². The first-order valence-electron chi connectivity index (χ1n) is 8.04. The molecule has 1 aromatic carbocycles. The Kier molecular flexibility index (Phi) is 6.42. The minimum atomic E-state index is -3.49. The van der Waals surface area contributed by atoms with Crippen molar-refractivity contribution < 1.29 is 17.9 Å². The number of aromatic nitrogens is 2. The zero-order valence-corrected chi connectivity index (χ0v) is 16.2. The largest absolute Gasteiger partial charge is 0.493 e. The highest BCUT2D eigenvalue weighted by Gasteiger charge is 2.29. The number of rotatable bonds is 7. The lowest BCUT2D eigenvalue weighted by Crippen LogP contribution is -2.47. The molecule has 1 N–H and O–H groups in total. The van der Waals surface area contributed by atoms with E-state index in [4.69, 9.17) is 32.7 Å². The smallest absolute Gasteiger partial charge is 0.225 e. The predicted octanol–water partition coefficient (Wildman–Crippen LogP) is 2.43. The monoisotopic (exact) mass is 419 g/mol. The van der Waals surface area contributed by atoms with Gasteiger partial charge in [-0.1, -0.05) is 11.6 Å². The molecule has 2 unspecified atom stereocenters. The molecule has 1 aliphatic heterocycles. The molecule has 0 amide bonds. The van der Waals surface area contributed by atoms with Crippen LogP contribution in [0.25, 0.3) is 5.69 Å². The second-order valence-corrected chi connectivity index (χ2v) is 8.75. The van der Waals surface area contributed by atoms with Crippen molar-refractivity contribution in [1.82, 2.24) is 14.5 Å². The average Bonchev–Trinajstić information content (AvgIpc) is 3.07. The van der Waals surface area contributed by atoms with Gasteiger partial charge in [0.25, 0.3) is 0 Å². The quantitative estimate of drug-likeness (QED) is 0.696. The molecule has 1 aromatic heterocycles. The molecule has 0 saturated carbocycles. The van der Waals surface area contributed by atoms with Gasteiger partial charge in [0.1, 0.15) is 11.0 Å². The van der Waals surface area contributed by atoms with Crippen molar-refractivity contribution in [3.63, 3.8) is 0 Å².